The number of rotatable bonds is 0. The first-order valence-corrected chi connectivity index (χ1v) is 6.86. The predicted octanol–water partition coefficient (Wildman–Crippen LogP) is 1.90. The van der Waals surface area contributed by atoms with E-state index in [4.69, 9.17) is 19.2 Å². The molecule has 4 heterocycles. The molecule has 0 aromatic rings. The second-order valence-electron chi connectivity index (χ2n) is 6.16. The summed E-state index contributed by atoms with van der Waals surface area (Å²) in [6.07, 6.45) is 4.89. The van der Waals surface area contributed by atoms with Crippen molar-refractivity contribution in [2.24, 2.45) is 11.8 Å². The maximum Gasteiger partial charge on any atom is 0.308 e. The molecule has 4 saturated heterocycles. The molecule has 1 spiro atoms. The fourth-order valence-corrected chi connectivity index (χ4v) is 4.11. The third-order valence-electron chi connectivity index (χ3n) is 5.07. The normalized spacial score (nSPS) is 54.5. The lowest BCUT2D eigenvalue weighted by molar-refractivity contribution is -0.555. The molecule has 0 amide bonds. The van der Waals surface area contributed by atoms with Gasteiger partial charge in [-0.15, -0.1) is 0 Å². The largest absolute Gasteiger partial charge is 0.432 e. The first-order valence-electron chi connectivity index (χ1n) is 6.86. The van der Waals surface area contributed by atoms with Gasteiger partial charge in [0.2, 0.25) is 12.1 Å². The van der Waals surface area contributed by atoms with Crippen molar-refractivity contribution in [3.8, 4) is 0 Å². The molecule has 1 saturated carbocycles. The third kappa shape index (κ3) is 1.30. The molecule has 5 atom stereocenters. The molecule has 0 N–H and O–H groups in total. The summed E-state index contributed by atoms with van der Waals surface area (Å²) < 4.78 is 11.3. The average Bonchev–Trinajstić information content (AvgIpc) is 2.55. The first-order chi connectivity index (χ1) is 8.62. The van der Waals surface area contributed by atoms with Crippen LogP contribution in [-0.4, -0.2) is 23.6 Å². The molecule has 0 aromatic heterocycles. The van der Waals surface area contributed by atoms with Gasteiger partial charge in [-0.1, -0.05) is 6.42 Å². The van der Waals surface area contributed by atoms with Gasteiger partial charge in [-0.2, -0.15) is 0 Å². The zero-order chi connectivity index (χ0) is 12.4. The Bertz CT molecular complexity index is 397. The topological polar surface area (TPSA) is 54.0 Å². The lowest BCUT2D eigenvalue weighted by Crippen LogP contribution is -2.66. The van der Waals surface area contributed by atoms with Crippen molar-refractivity contribution in [2.45, 2.75) is 63.1 Å². The molecule has 5 nitrogen and oxygen atoms in total. The van der Waals surface area contributed by atoms with E-state index in [1.54, 1.807) is 0 Å². The molecule has 5 rings (SSSR count). The average molecular weight is 254 g/mol. The molecule has 1 aliphatic carbocycles. The van der Waals surface area contributed by atoms with Crippen LogP contribution in [0, 0.1) is 11.8 Å². The van der Waals surface area contributed by atoms with Crippen molar-refractivity contribution in [1.29, 1.82) is 0 Å². The maximum atomic E-state index is 11.7. The number of carbonyl (C=O) groups excluding carboxylic acids is 1. The quantitative estimate of drug-likeness (QED) is 0.488. The highest BCUT2D eigenvalue weighted by Crippen LogP contribution is 2.56. The Morgan fingerprint density at radius 1 is 1.17 bits per heavy atom. The zero-order valence-electron chi connectivity index (χ0n) is 10.5. The van der Waals surface area contributed by atoms with Gasteiger partial charge in [0, 0.05) is 12.3 Å². The van der Waals surface area contributed by atoms with Gasteiger partial charge in [0.25, 0.3) is 0 Å². The summed E-state index contributed by atoms with van der Waals surface area (Å²) in [6, 6.07) is 0. The van der Waals surface area contributed by atoms with Gasteiger partial charge < -0.3 is 9.47 Å². The Morgan fingerprint density at radius 2 is 2.00 bits per heavy atom. The Kier molecular flexibility index (Phi) is 2.16. The number of hydrogen-bond donors (Lipinski definition) is 0. The number of ether oxygens (including phenoxy) is 2. The van der Waals surface area contributed by atoms with Crippen LogP contribution in [0.25, 0.3) is 0 Å². The lowest BCUT2D eigenvalue weighted by Gasteiger charge is -2.54. The van der Waals surface area contributed by atoms with E-state index in [-0.39, 0.29) is 11.9 Å². The van der Waals surface area contributed by atoms with Crippen LogP contribution < -0.4 is 0 Å². The molecular formula is C13H18O5. The standard InChI is InChI=1S/C13H18O5/c1-12-6-5-8-3-2-4-9-7-10(14)15-11(16-12)13(8,9)18-17-12/h8-9,11H,2-7H2,1H3/t8-,9?,11?,12-,13?/m1/s1. The van der Waals surface area contributed by atoms with Crippen LogP contribution >= 0.6 is 0 Å². The lowest BCUT2D eigenvalue weighted by atomic mass is 9.64. The van der Waals surface area contributed by atoms with Gasteiger partial charge in [-0.25, -0.2) is 9.78 Å². The molecule has 5 heteroatoms. The smallest absolute Gasteiger partial charge is 0.308 e. The summed E-state index contributed by atoms with van der Waals surface area (Å²) >= 11 is 0. The Morgan fingerprint density at radius 3 is 2.89 bits per heavy atom. The van der Waals surface area contributed by atoms with Crippen molar-refractivity contribution in [2.75, 3.05) is 0 Å². The van der Waals surface area contributed by atoms with E-state index in [1.165, 1.54) is 0 Å². The number of esters is 1. The molecular weight excluding hydrogens is 236 g/mol. The van der Waals surface area contributed by atoms with Crippen LogP contribution in [0.3, 0.4) is 0 Å². The molecule has 18 heavy (non-hydrogen) atoms. The molecule has 2 bridgehead atoms. The third-order valence-corrected chi connectivity index (χ3v) is 5.07. The number of hydrogen-bond acceptors (Lipinski definition) is 5. The maximum absolute atomic E-state index is 11.7. The van der Waals surface area contributed by atoms with Gasteiger partial charge in [0.05, 0.1) is 6.42 Å². The van der Waals surface area contributed by atoms with E-state index in [9.17, 15) is 4.79 Å². The van der Waals surface area contributed by atoms with Crippen LogP contribution in [0.2, 0.25) is 0 Å². The fraction of sp³-hybridized carbons (Fsp3) is 0.923. The molecule has 5 aliphatic rings. The van der Waals surface area contributed by atoms with Crippen LogP contribution in [0.5, 0.6) is 0 Å². The summed E-state index contributed by atoms with van der Waals surface area (Å²) in [5.41, 5.74) is -0.553. The van der Waals surface area contributed by atoms with E-state index < -0.39 is 17.7 Å². The van der Waals surface area contributed by atoms with E-state index in [2.05, 4.69) is 0 Å². The SMILES string of the molecule is C[C@@]12CC[C@H]3CCCC4CC(=O)OC(O1)C43OO2. The molecule has 3 unspecified atom stereocenters. The van der Waals surface area contributed by atoms with E-state index >= 15 is 0 Å². The van der Waals surface area contributed by atoms with Crippen molar-refractivity contribution < 1.29 is 24.0 Å². The van der Waals surface area contributed by atoms with Crippen LogP contribution in [-0.2, 0) is 24.0 Å². The summed E-state index contributed by atoms with van der Waals surface area (Å²) in [7, 11) is 0. The predicted molar refractivity (Wildman–Crippen MR) is 59.0 cm³/mol. The molecule has 5 fully saturated rings. The molecule has 0 aromatic carbocycles. The minimum Gasteiger partial charge on any atom is -0.432 e. The van der Waals surface area contributed by atoms with Gasteiger partial charge in [0.1, 0.15) is 0 Å². The Labute approximate surface area is 106 Å². The highest BCUT2D eigenvalue weighted by molar-refractivity contribution is 5.71. The fourth-order valence-electron chi connectivity index (χ4n) is 4.11. The molecule has 4 aliphatic heterocycles. The minimum atomic E-state index is -0.768. The van der Waals surface area contributed by atoms with Crippen molar-refractivity contribution >= 4 is 5.97 Å². The highest BCUT2D eigenvalue weighted by Gasteiger charge is 2.67. The minimum absolute atomic E-state index is 0.170. The van der Waals surface area contributed by atoms with E-state index in [0.717, 1.165) is 32.1 Å². The summed E-state index contributed by atoms with van der Waals surface area (Å²) in [6.45, 7) is 1.86. The molecule has 100 valence electrons. The van der Waals surface area contributed by atoms with Gasteiger partial charge in [0.15, 0.2) is 5.60 Å². The monoisotopic (exact) mass is 254 g/mol. The zero-order valence-corrected chi connectivity index (χ0v) is 10.5. The second kappa shape index (κ2) is 3.46. The Hall–Kier alpha value is -0.650. The van der Waals surface area contributed by atoms with Crippen LogP contribution in [0.1, 0.15) is 45.4 Å². The highest BCUT2D eigenvalue weighted by atomic mass is 17.3. The van der Waals surface area contributed by atoms with Crippen molar-refractivity contribution in [1.82, 2.24) is 0 Å². The summed E-state index contributed by atoms with van der Waals surface area (Å²) in [4.78, 5) is 23.0. The Balaban J connectivity index is 1.80. The van der Waals surface area contributed by atoms with Crippen molar-refractivity contribution in [3.05, 3.63) is 0 Å². The summed E-state index contributed by atoms with van der Waals surface area (Å²) in [5.74, 6) is -0.394. The van der Waals surface area contributed by atoms with Crippen LogP contribution in [0.4, 0.5) is 0 Å². The second-order valence-corrected chi connectivity index (χ2v) is 6.16. The first kappa shape index (κ1) is 11.2. The van der Waals surface area contributed by atoms with Crippen LogP contribution in [0.15, 0.2) is 0 Å². The van der Waals surface area contributed by atoms with E-state index in [0.29, 0.717) is 12.3 Å². The van der Waals surface area contributed by atoms with Crippen molar-refractivity contribution in [3.63, 3.8) is 0 Å². The van der Waals surface area contributed by atoms with Gasteiger partial charge >= 0.3 is 5.97 Å². The molecule has 0 radical (unpaired) electrons. The van der Waals surface area contributed by atoms with E-state index in [1.807, 2.05) is 6.92 Å². The van der Waals surface area contributed by atoms with Gasteiger partial charge in [-0.3, -0.25) is 4.79 Å². The number of carbonyl (C=O) groups is 1. The summed E-state index contributed by atoms with van der Waals surface area (Å²) in [5, 5.41) is 0. The number of fused-ring (bicyclic) bond motifs is 2. The van der Waals surface area contributed by atoms with Gasteiger partial charge in [-0.05, 0) is 32.1 Å².